The fraction of sp³-hybridized carbons (Fsp3) is 0.100. The predicted octanol–water partition coefficient (Wildman–Crippen LogP) is 1.49. The Morgan fingerprint density at radius 1 is 1.46 bits per heavy atom. The summed E-state index contributed by atoms with van der Waals surface area (Å²) in [5, 5.41) is 0. The fourth-order valence-corrected chi connectivity index (χ4v) is 0.967. The van der Waals surface area contributed by atoms with Crippen molar-refractivity contribution in [1.29, 1.82) is 0 Å². The van der Waals surface area contributed by atoms with Gasteiger partial charge in [0.2, 0.25) is 0 Å². The molecule has 3 heteroatoms. The Balaban J connectivity index is 3.03. The van der Waals surface area contributed by atoms with Gasteiger partial charge >= 0.3 is 0 Å². The van der Waals surface area contributed by atoms with Crippen LogP contribution in [0.4, 0.5) is 5.69 Å². The third-order valence-electron chi connectivity index (χ3n) is 1.65. The number of methoxy groups -OCH3 is 1. The molecule has 2 N–H and O–H groups in total. The van der Waals surface area contributed by atoms with E-state index >= 15 is 0 Å². The second-order valence-corrected chi connectivity index (χ2v) is 2.49. The van der Waals surface area contributed by atoms with Gasteiger partial charge in [-0.2, -0.15) is 0 Å². The van der Waals surface area contributed by atoms with Crippen LogP contribution in [0.25, 0.3) is 6.08 Å². The Bertz CT molecular complexity index is 332. The van der Waals surface area contributed by atoms with Gasteiger partial charge in [0.05, 0.1) is 7.11 Å². The van der Waals surface area contributed by atoms with Crippen molar-refractivity contribution >= 4 is 18.0 Å². The molecular formula is C10H11NO2. The van der Waals surface area contributed by atoms with E-state index in [2.05, 4.69) is 0 Å². The summed E-state index contributed by atoms with van der Waals surface area (Å²) >= 11 is 0. The highest BCUT2D eigenvalue weighted by atomic mass is 16.5. The van der Waals surface area contributed by atoms with Gasteiger partial charge < -0.3 is 10.5 Å². The molecule has 1 aromatic rings. The van der Waals surface area contributed by atoms with E-state index in [0.29, 0.717) is 12.0 Å². The average molecular weight is 177 g/mol. The lowest BCUT2D eigenvalue weighted by molar-refractivity contribution is -0.104. The number of nitrogens with two attached hydrogens (primary N) is 1. The van der Waals surface area contributed by atoms with Crippen molar-refractivity contribution < 1.29 is 9.53 Å². The molecule has 0 aliphatic carbocycles. The number of anilines is 1. The smallest absolute Gasteiger partial charge is 0.142 e. The lowest BCUT2D eigenvalue weighted by atomic mass is 10.1. The number of hydrogen-bond acceptors (Lipinski definition) is 3. The van der Waals surface area contributed by atoms with Crippen molar-refractivity contribution in [2.24, 2.45) is 0 Å². The van der Waals surface area contributed by atoms with Crippen LogP contribution in [0, 0.1) is 0 Å². The first-order chi connectivity index (χ1) is 6.27. The molecule has 13 heavy (non-hydrogen) atoms. The van der Waals surface area contributed by atoms with E-state index in [-0.39, 0.29) is 0 Å². The van der Waals surface area contributed by atoms with Gasteiger partial charge in [-0.05, 0) is 30.4 Å². The van der Waals surface area contributed by atoms with Crippen LogP contribution < -0.4 is 10.5 Å². The fourth-order valence-electron chi connectivity index (χ4n) is 0.967. The molecule has 0 aromatic heterocycles. The van der Waals surface area contributed by atoms with E-state index in [1.54, 1.807) is 31.4 Å². The standard InChI is InChI=1S/C10H11NO2/c1-13-9-4-5-10(11)8(7-9)3-2-6-12/h2-7H,11H2,1H3. The maximum atomic E-state index is 10.1. The molecule has 0 unspecified atom stereocenters. The SMILES string of the molecule is COc1ccc(N)c(C=CC=O)c1. The number of rotatable bonds is 3. The molecule has 0 aliphatic heterocycles. The van der Waals surface area contributed by atoms with Crippen LogP contribution >= 0.6 is 0 Å². The summed E-state index contributed by atoms with van der Waals surface area (Å²) in [5.41, 5.74) is 7.07. The highest BCUT2D eigenvalue weighted by Crippen LogP contribution is 2.20. The summed E-state index contributed by atoms with van der Waals surface area (Å²) in [6.07, 6.45) is 3.74. The molecule has 0 heterocycles. The van der Waals surface area contributed by atoms with Crippen molar-refractivity contribution in [1.82, 2.24) is 0 Å². The monoisotopic (exact) mass is 177 g/mol. The van der Waals surface area contributed by atoms with E-state index < -0.39 is 0 Å². The number of allylic oxidation sites excluding steroid dienone is 1. The van der Waals surface area contributed by atoms with Crippen LogP contribution in [0.5, 0.6) is 5.75 Å². The first-order valence-electron chi connectivity index (χ1n) is 3.83. The largest absolute Gasteiger partial charge is 0.497 e. The predicted molar refractivity (Wildman–Crippen MR) is 52.5 cm³/mol. The van der Waals surface area contributed by atoms with Gasteiger partial charge in [0.25, 0.3) is 0 Å². The average Bonchev–Trinajstić information content (AvgIpc) is 2.17. The molecule has 0 aliphatic rings. The highest BCUT2D eigenvalue weighted by Gasteiger charge is 1.96. The van der Waals surface area contributed by atoms with Gasteiger partial charge in [0.15, 0.2) is 0 Å². The Morgan fingerprint density at radius 3 is 2.85 bits per heavy atom. The second kappa shape index (κ2) is 4.30. The number of ether oxygens (including phenoxy) is 1. The molecule has 0 fully saturated rings. The van der Waals surface area contributed by atoms with Gasteiger partial charge in [0.1, 0.15) is 12.0 Å². The summed E-state index contributed by atoms with van der Waals surface area (Å²) in [4.78, 5) is 10.1. The number of carbonyl (C=O) groups excluding carboxylic acids is 1. The molecule has 0 saturated heterocycles. The Kier molecular flexibility index (Phi) is 3.09. The van der Waals surface area contributed by atoms with Crippen LogP contribution in [-0.4, -0.2) is 13.4 Å². The van der Waals surface area contributed by atoms with E-state index in [1.165, 1.54) is 6.08 Å². The van der Waals surface area contributed by atoms with Crippen LogP contribution in [0.2, 0.25) is 0 Å². The molecule has 0 radical (unpaired) electrons. The third-order valence-corrected chi connectivity index (χ3v) is 1.65. The Hall–Kier alpha value is -1.77. The van der Waals surface area contributed by atoms with Gasteiger partial charge in [0, 0.05) is 11.3 Å². The Labute approximate surface area is 76.8 Å². The zero-order chi connectivity index (χ0) is 9.68. The van der Waals surface area contributed by atoms with Crippen molar-refractivity contribution in [3.8, 4) is 5.75 Å². The zero-order valence-electron chi connectivity index (χ0n) is 7.36. The number of hydrogen-bond donors (Lipinski definition) is 1. The van der Waals surface area contributed by atoms with E-state index in [1.807, 2.05) is 0 Å². The summed E-state index contributed by atoms with van der Waals surface area (Å²) in [5.74, 6) is 0.722. The van der Waals surface area contributed by atoms with Crippen LogP contribution in [-0.2, 0) is 4.79 Å². The lowest BCUT2D eigenvalue weighted by Gasteiger charge is -2.03. The first-order valence-corrected chi connectivity index (χ1v) is 3.83. The minimum atomic E-state index is 0.624. The van der Waals surface area contributed by atoms with Crippen molar-refractivity contribution in [3.05, 3.63) is 29.8 Å². The zero-order valence-corrected chi connectivity index (χ0v) is 7.36. The molecule has 3 nitrogen and oxygen atoms in total. The van der Waals surface area contributed by atoms with E-state index in [4.69, 9.17) is 10.5 Å². The lowest BCUT2D eigenvalue weighted by Crippen LogP contribution is -1.90. The normalized spacial score (nSPS) is 10.2. The summed E-state index contributed by atoms with van der Waals surface area (Å²) in [7, 11) is 1.58. The number of aldehydes is 1. The van der Waals surface area contributed by atoms with Crippen LogP contribution in [0.1, 0.15) is 5.56 Å². The topological polar surface area (TPSA) is 52.3 Å². The summed E-state index contributed by atoms with van der Waals surface area (Å²) < 4.78 is 5.01. The Morgan fingerprint density at radius 2 is 2.23 bits per heavy atom. The number of benzene rings is 1. The molecule has 0 bridgehead atoms. The number of carbonyl (C=O) groups is 1. The van der Waals surface area contributed by atoms with Gasteiger partial charge in [-0.1, -0.05) is 0 Å². The van der Waals surface area contributed by atoms with Crippen molar-refractivity contribution in [2.75, 3.05) is 12.8 Å². The molecule has 0 spiro atoms. The number of nitrogen functional groups attached to an aromatic ring is 1. The summed E-state index contributed by atoms with van der Waals surface area (Å²) in [6, 6.07) is 5.28. The van der Waals surface area contributed by atoms with Crippen molar-refractivity contribution in [3.63, 3.8) is 0 Å². The van der Waals surface area contributed by atoms with Crippen molar-refractivity contribution in [2.45, 2.75) is 0 Å². The van der Waals surface area contributed by atoms with E-state index in [0.717, 1.165) is 11.3 Å². The minimum Gasteiger partial charge on any atom is -0.497 e. The third kappa shape index (κ3) is 2.33. The second-order valence-electron chi connectivity index (χ2n) is 2.49. The van der Waals surface area contributed by atoms with E-state index in [9.17, 15) is 4.79 Å². The van der Waals surface area contributed by atoms with Gasteiger partial charge in [-0.3, -0.25) is 4.79 Å². The van der Waals surface area contributed by atoms with Crippen LogP contribution in [0.3, 0.4) is 0 Å². The summed E-state index contributed by atoms with van der Waals surface area (Å²) in [6.45, 7) is 0. The molecular weight excluding hydrogens is 166 g/mol. The van der Waals surface area contributed by atoms with Crippen LogP contribution in [0.15, 0.2) is 24.3 Å². The molecule has 1 rings (SSSR count). The molecule has 1 aromatic carbocycles. The maximum Gasteiger partial charge on any atom is 0.142 e. The molecule has 0 saturated carbocycles. The maximum absolute atomic E-state index is 10.1. The molecule has 0 amide bonds. The molecule has 0 atom stereocenters. The first kappa shape index (κ1) is 9.32. The van der Waals surface area contributed by atoms with Gasteiger partial charge in [-0.15, -0.1) is 0 Å². The van der Waals surface area contributed by atoms with Gasteiger partial charge in [-0.25, -0.2) is 0 Å². The minimum absolute atomic E-state index is 0.624. The molecule has 68 valence electrons. The highest BCUT2D eigenvalue weighted by molar-refractivity contribution is 5.77. The quantitative estimate of drug-likeness (QED) is 0.432.